The van der Waals surface area contributed by atoms with Crippen molar-refractivity contribution in [2.24, 2.45) is 0 Å². The Morgan fingerprint density at radius 2 is 2.45 bits per heavy atom. The first kappa shape index (κ1) is 8.97. The predicted octanol–water partition coefficient (Wildman–Crippen LogP) is 0.400. The number of ether oxygens (including phenoxy) is 2. The van der Waals surface area contributed by atoms with Crippen LogP contribution in [0.1, 0.15) is 13.8 Å². The number of hydrogen-bond acceptors (Lipinski definition) is 3. The van der Waals surface area contributed by atoms with Crippen molar-refractivity contribution in [3.05, 3.63) is 0 Å². The average molecular weight is 159 g/mol. The molecule has 3 heteroatoms. The first-order chi connectivity index (χ1) is 5.29. The standard InChI is InChI=1S/C8H17NO2/c1-7(2)11-6-8-5-10-4-3-9-8/h7-9H,3-6H2,1-2H3/t8-/m0/s1. The summed E-state index contributed by atoms with van der Waals surface area (Å²) in [6.07, 6.45) is 0.318. The van der Waals surface area contributed by atoms with Crippen molar-refractivity contribution in [1.29, 1.82) is 0 Å². The van der Waals surface area contributed by atoms with E-state index in [2.05, 4.69) is 5.32 Å². The fraction of sp³-hybridized carbons (Fsp3) is 1.00. The highest BCUT2D eigenvalue weighted by molar-refractivity contribution is 4.69. The van der Waals surface area contributed by atoms with E-state index in [0.717, 1.165) is 26.4 Å². The molecule has 0 saturated carbocycles. The largest absolute Gasteiger partial charge is 0.378 e. The Kier molecular flexibility index (Phi) is 3.83. The molecule has 1 atom stereocenters. The first-order valence-electron chi connectivity index (χ1n) is 4.22. The second kappa shape index (κ2) is 4.70. The highest BCUT2D eigenvalue weighted by atomic mass is 16.5. The third-order valence-electron chi connectivity index (χ3n) is 1.63. The molecule has 1 heterocycles. The third kappa shape index (κ3) is 3.70. The van der Waals surface area contributed by atoms with Gasteiger partial charge in [0.05, 0.1) is 32.0 Å². The van der Waals surface area contributed by atoms with Crippen LogP contribution in [-0.2, 0) is 9.47 Å². The minimum absolute atomic E-state index is 0.318. The van der Waals surface area contributed by atoms with Gasteiger partial charge in [0.15, 0.2) is 0 Å². The summed E-state index contributed by atoms with van der Waals surface area (Å²) in [7, 11) is 0. The van der Waals surface area contributed by atoms with E-state index in [4.69, 9.17) is 9.47 Å². The van der Waals surface area contributed by atoms with Crippen molar-refractivity contribution in [1.82, 2.24) is 5.32 Å². The topological polar surface area (TPSA) is 30.5 Å². The molecule has 3 nitrogen and oxygen atoms in total. The van der Waals surface area contributed by atoms with Crippen LogP contribution in [0.5, 0.6) is 0 Å². The molecule has 0 spiro atoms. The lowest BCUT2D eigenvalue weighted by molar-refractivity contribution is 0.00894. The fourth-order valence-electron chi connectivity index (χ4n) is 1.04. The minimum Gasteiger partial charge on any atom is -0.378 e. The van der Waals surface area contributed by atoms with Crippen LogP contribution >= 0.6 is 0 Å². The summed E-state index contributed by atoms with van der Waals surface area (Å²) in [5.74, 6) is 0. The summed E-state index contributed by atoms with van der Waals surface area (Å²) >= 11 is 0. The van der Waals surface area contributed by atoms with E-state index >= 15 is 0 Å². The Bertz CT molecular complexity index is 100. The molecule has 1 N–H and O–H groups in total. The molecule has 66 valence electrons. The van der Waals surface area contributed by atoms with Crippen molar-refractivity contribution >= 4 is 0 Å². The van der Waals surface area contributed by atoms with Gasteiger partial charge < -0.3 is 14.8 Å². The normalized spacial score (nSPS) is 25.9. The Balaban J connectivity index is 2.05. The molecule has 1 aliphatic rings. The molecular weight excluding hydrogens is 142 g/mol. The Hall–Kier alpha value is -0.120. The molecular formula is C8H17NO2. The van der Waals surface area contributed by atoms with Gasteiger partial charge in [-0.15, -0.1) is 0 Å². The summed E-state index contributed by atoms with van der Waals surface area (Å²) in [5, 5.41) is 3.32. The van der Waals surface area contributed by atoms with Gasteiger partial charge >= 0.3 is 0 Å². The Morgan fingerprint density at radius 3 is 3.00 bits per heavy atom. The quantitative estimate of drug-likeness (QED) is 0.646. The lowest BCUT2D eigenvalue weighted by Gasteiger charge is -2.24. The molecule has 0 radical (unpaired) electrons. The van der Waals surface area contributed by atoms with Crippen molar-refractivity contribution in [2.75, 3.05) is 26.4 Å². The maximum Gasteiger partial charge on any atom is 0.0645 e. The summed E-state index contributed by atoms with van der Waals surface area (Å²) in [6, 6.07) is 0.395. The van der Waals surface area contributed by atoms with Gasteiger partial charge in [-0.25, -0.2) is 0 Å². The molecule has 0 aromatic heterocycles. The van der Waals surface area contributed by atoms with Crippen molar-refractivity contribution in [3.63, 3.8) is 0 Å². The number of morpholine rings is 1. The average Bonchev–Trinajstić information content (AvgIpc) is 2.03. The highest BCUT2D eigenvalue weighted by Crippen LogP contribution is 1.96. The summed E-state index contributed by atoms with van der Waals surface area (Å²) in [6.45, 7) is 7.42. The number of hydrogen-bond donors (Lipinski definition) is 1. The first-order valence-corrected chi connectivity index (χ1v) is 4.22. The summed E-state index contributed by atoms with van der Waals surface area (Å²) in [4.78, 5) is 0. The minimum atomic E-state index is 0.318. The summed E-state index contributed by atoms with van der Waals surface area (Å²) in [5.41, 5.74) is 0. The molecule has 1 fully saturated rings. The van der Waals surface area contributed by atoms with Crippen LogP contribution in [0.2, 0.25) is 0 Å². The van der Waals surface area contributed by atoms with Crippen molar-refractivity contribution < 1.29 is 9.47 Å². The number of nitrogens with one attached hydrogen (secondary N) is 1. The van der Waals surface area contributed by atoms with Gasteiger partial charge in [-0.05, 0) is 13.8 Å². The zero-order chi connectivity index (χ0) is 8.10. The van der Waals surface area contributed by atoms with Gasteiger partial charge in [-0.1, -0.05) is 0 Å². The van der Waals surface area contributed by atoms with Crippen LogP contribution in [-0.4, -0.2) is 38.5 Å². The monoisotopic (exact) mass is 159 g/mol. The predicted molar refractivity (Wildman–Crippen MR) is 43.7 cm³/mol. The van der Waals surface area contributed by atoms with E-state index in [1.807, 2.05) is 13.8 Å². The second-order valence-corrected chi connectivity index (χ2v) is 3.11. The number of rotatable bonds is 3. The molecule has 0 aromatic carbocycles. The van der Waals surface area contributed by atoms with E-state index in [0.29, 0.717) is 12.1 Å². The van der Waals surface area contributed by atoms with E-state index in [1.165, 1.54) is 0 Å². The SMILES string of the molecule is CC(C)OC[C@@H]1COCCN1. The van der Waals surface area contributed by atoms with Crippen LogP contribution in [0.4, 0.5) is 0 Å². The van der Waals surface area contributed by atoms with Crippen LogP contribution in [0, 0.1) is 0 Å². The van der Waals surface area contributed by atoms with Gasteiger partial charge in [0.25, 0.3) is 0 Å². The molecule has 0 unspecified atom stereocenters. The Morgan fingerprint density at radius 1 is 1.64 bits per heavy atom. The van der Waals surface area contributed by atoms with Crippen LogP contribution in [0.25, 0.3) is 0 Å². The van der Waals surface area contributed by atoms with E-state index < -0.39 is 0 Å². The van der Waals surface area contributed by atoms with Gasteiger partial charge in [0.2, 0.25) is 0 Å². The van der Waals surface area contributed by atoms with Crippen LogP contribution < -0.4 is 5.32 Å². The van der Waals surface area contributed by atoms with Crippen LogP contribution in [0.3, 0.4) is 0 Å². The highest BCUT2D eigenvalue weighted by Gasteiger charge is 2.12. The van der Waals surface area contributed by atoms with Gasteiger partial charge in [-0.3, -0.25) is 0 Å². The smallest absolute Gasteiger partial charge is 0.0645 e. The molecule has 0 amide bonds. The van der Waals surface area contributed by atoms with E-state index in [-0.39, 0.29) is 0 Å². The molecule has 1 aliphatic heterocycles. The third-order valence-corrected chi connectivity index (χ3v) is 1.63. The molecule has 11 heavy (non-hydrogen) atoms. The second-order valence-electron chi connectivity index (χ2n) is 3.11. The molecule has 1 saturated heterocycles. The maximum atomic E-state index is 5.44. The maximum absolute atomic E-state index is 5.44. The van der Waals surface area contributed by atoms with E-state index in [1.54, 1.807) is 0 Å². The Labute approximate surface area is 68.1 Å². The van der Waals surface area contributed by atoms with E-state index in [9.17, 15) is 0 Å². The van der Waals surface area contributed by atoms with Crippen molar-refractivity contribution in [3.8, 4) is 0 Å². The van der Waals surface area contributed by atoms with Gasteiger partial charge in [0, 0.05) is 6.54 Å². The lowest BCUT2D eigenvalue weighted by atomic mass is 10.3. The van der Waals surface area contributed by atoms with Crippen LogP contribution in [0.15, 0.2) is 0 Å². The zero-order valence-electron chi connectivity index (χ0n) is 7.30. The van der Waals surface area contributed by atoms with Gasteiger partial charge in [-0.2, -0.15) is 0 Å². The van der Waals surface area contributed by atoms with Gasteiger partial charge in [0.1, 0.15) is 0 Å². The lowest BCUT2D eigenvalue weighted by Crippen LogP contribution is -2.44. The molecule has 0 bridgehead atoms. The summed E-state index contributed by atoms with van der Waals surface area (Å²) < 4.78 is 10.7. The zero-order valence-corrected chi connectivity index (χ0v) is 7.30. The molecule has 0 aliphatic carbocycles. The molecule has 1 rings (SSSR count). The molecule has 0 aromatic rings. The fourth-order valence-corrected chi connectivity index (χ4v) is 1.04. The van der Waals surface area contributed by atoms with Crippen molar-refractivity contribution in [2.45, 2.75) is 26.0 Å².